The first kappa shape index (κ1) is 15.7. The number of aromatic nitrogens is 3. The second-order valence-corrected chi connectivity index (χ2v) is 7.01. The van der Waals surface area contributed by atoms with Crippen LogP contribution in [0.4, 0.5) is 5.69 Å². The van der Waals surface area contributed by atoms with Crippen LogP contribution in [0.25, 0.3) is 21.9 Å². The van der Waals surface area contributed by atoms with Gasteiger partial charge in [-0.05, 0) is 43.3 Å². The number of H-pyrrole nitrogens is 1. The summed E-state index contributed by atoms with van der Waals surface area (Å²) < 4.78 is 0. The number of rotatable bonds is 4. The van der Waals surface area contributed by atoms with Gasteiger partial charge in [0.1, 0.15) is 0 Å². The molecule has 1 atom stereocenters. The van der Waals surface area contributed by atoms with E-state index in [0.717, 1.165) is 32.8 Å². The van der Waals surface area contributed by atoms with Gasteiger partial charge in [0.05, 0.1) is 27.5 Å². The monoisotopic (exact) mass is 348 g/mol. The van der Waals surface area contributed by atoms with Crippen molar-refractivity contribution in [2.24, 2.45) is 0 Å². The highest BCUT2D eigenvalue weighted by Gasteiger charge is 2.17. The number of carbonyl (C=O) groups is 1. The Labute approximate surface area is 148 Å². The van der Waals surface area contributed by atoms with Crippen LogP contribution in [0.1, 0.15) is 6.92 Å². The van der Waals surface area contributed by atoms with Crippen LogP contribution < -0.4 is 5.32 Å². The predicted molar refractivity (Wildman–Crippen MR) is 102 cm³/mol. The normalized spacial score (nSPS) is 12.4. The van der Waals surface area contributed by atoms with E-state index >= 15 is 0 Å². The maximum atomic E-state index is 12.6. The third-order valence-electron chi connectivity index (χ3n) is 3.93. The summed E-state index contributed by atoms with van der Waals surface area (Å²) in [4.78, 5) is 24.6. The lowest BCUT2D eigenvalue weighted by Crippen LogP contribution is -2.22. The molecule has 1 amide bonds. The molecule has 1 unspecified atom stereocenters. The second kappa shape index (κ2) is 6.57. The van der Waals surface area contributed by atoms with Gasteiger partial charge in [-0.15, -0.1) is 0 Å². The van der Waals surface area contributed by atoms with E-state index in [4.69, 9.17) is 0 Å². The number of amides is 1. The molecule has 6 heteroatoms. The molecule has 4 rings (SSSR count). The van der Waals surface area contributed by atoms with Gasteiger partial charge in [0.15, 0.2) is 5.16 Å². The van der Waals surface area contributed by atoms with Crippen LogP contribution in [-0.4, -0.2) is 26.1 Å². The van der Waals surface area contributed by atoms with E-state index in [9.17, 15) is 4.79 Å². The molecule has 2 aromatic carbocycles. The zero-order valence-corrected chi connectivity index (χ0v) is 14.4. The number of nitrogens with zero attached hydrogens (tertiary/aromatic N) is 2. The van der Waals surface area contributed by atoms with Crippen molar-refractivity contribution in [3.63, 3.8) is 0 Å². The number of nitrogens with one attached hydrogen (secondary N) is 2. The molecule has 0 aliphatic carbocycles. The Kier molecular flexibility index (Phi) is 4.11. The van der Waals surface area contributed by atoms with Gasteiger partial charge < -0.3 is 10.3 Å². The van der Waals surface area contributed by atoms with Gasteiger partial charge in [-0.25, -0.2) is 4.98 Å². The standard InChI is InChI=1S/C19H16N4OS/c1-12(25-19-22-16-7-2-3-8-17(16)23-19)18(24)21-15-10-4-9-14-13(15)6-5-11-20-14/h2-12H,1H3,(H,21,24)(H,22,23). The summed E-state index contributed by atoms with van der Waals surface area (Å²) in [6, 6.07) is 17.4. The maximum absolute atomic E-state index is 12.6. The number of hydrogen-bond donors (Lipinski definition) is 2. The minimum atomic E-state index is -0.285. The lowest BCUT2D eigenvalue weighted by molar-refractivity contribution is -0.115. The molecule has 0 aliphatic rings. The molecule has 0 saturated heterocycles. The zero-order chi connectivity index (χ0) is 17.2. The molecule has 0 aliphatic heterocycles. The number of thioether (sulfide) groups is 1. The zero-order valence-electron chi connectivity index (χ0n) is 13.6. The van der Waals surface area contributed by atoms with Crippen LogP contribution in [0.5, 0.6) is 0 Å². The SMILES string of the molecule is CC(Sc1nc2ccccc2[nH]1)C(=O)Nc1cccc2ncccc12. The van der Waals surface area contributed by atoms with Crippen LogP contribution in [0.15, 0.2) is 66.0 Å². The summed E-state index contributed by atoms with van der Waals surface area (Å²) in [5.41, 5.74) is 3.50. The maximum Gasteiger partial charge on any atom is 0.237 e. The molecule has 0 saturated carbocycles. The number of hydrogen-bond acceptors (Lipinski definition) is 4. The Balaban J connectivity index is 1.52. The average molecular weight is 348 g/mol. The van der Waals surface area contributed by atoms with E-state index in [0.29, 0.717) is 0 Å². The first-order valence-corrected chi connectivity index (χ1v) is 8.85. The summed E-state index contributed by atoms with van der Waals surface area (Å²) in [7, 11) is 0. The number of carbonyl (C=O) groups excluding carboxylic acids is 1. The molecule has 2 heterocycles. The summed E-state index contributed by atoms with van der Waals surface area (Å²) in [5.74, 6) is -0.0678. The van der Waals surface area contributed by atoms with Crippen molar-refractivity contribution in [2.75, 3.05) is 5.32 Å². The van der Waals surface area contributed by atoms with Crippen LogP contribution in [0, 0.1) is 0 Å². The highest BCUT2D eigenvalue weighted by molar-refractivity contribution is 8.00. The van der Waals surface area contributed by atoms with Crippen molar-refractivity contribution in [1.29, 1.82) is 0 Å². The summed E-state index contributed by atoms with van der Waals surface area (Å²) >= 11 is 1.41. The van der Waals surface area contributed by atoms with E-state index in [1.807, 2.05) is 61.5 Å². The predicted octanol–water partition coefficient (Wildman–Crippen LogP) is 4.23. The second-order valence-electron chi connectivity index (χ2n) is 5.68. The lowest BCUT2D eigenvalue weighted by atomic mass is 10.2. The quantitative estimate of drug-likeness (QED) is 0.542. The molecule has 0 radical (unpaired) electrons. The van der Waals surface area contributed by atoms with E-state index in [1.165, 1.54) is 11.8 Å². The highest BCUT2D eigenvalue weighted by Crippen LogP contribution is 2.26. The Morgan fingerprint density at radius 2 is 1.92 bits per heavy atom. The summed E-state index contributed by atoms with van der Waals surface area (Å²) in [6.45, 7) is 1.87. The van der Waals surface area contributed by atoms with Crippen LogP contribution in [-0.2, 0) is 4.79 Å². The van der Waals surface area contributed by atoms with Gasteiger partial charge >= 0.3 is 0 Å². The number of pyridine rings is 1. The molecule has 2 aromatic heterocycles. The van der Waals surface area contributed by atoms with Gasteiger partial charge in [-0.1, -0.05) is 30.0 Å². The topological polar surface area (TPSA) is 70.7 Å². The fourth-order valence-electron chi connectivity index (χ4n) is 2.65. The first-order chi connectivity index (χ1) is 12.2. The molecule has 0 bridgehead atoms. The Morgan fingerprint density at radius 3 is 2.80 bits per heavy atom. The number of fused-ring (bicyclic) bond motifs is 2. The minimum Gasteiger partial charge on any atom is -0.333 e. The minimum absolute atomic E-state index is 0.0678. The van der Waals surface area contributed by atoms with Gasteiger partial charge in [0.25, 0.3) is 0 Å². The largest absolute Gasteiger partial charge is 0.333 e. The molecule has 25 heavy (non-hydrogen) atoms. The Hall–Kier alpha value is -2.86. The third kappa shape index (κ3) is 3.21. The van der Waals surface area contributed by atoms with E-state index in [1.54, 1.807) is 6.20 Å². The average Bonchev–Trinajstić information content (AvgIpc) is 3.04. The Bertz CT molecular complexity index is 1020. The molecular formula is C19H16N4OS. The fourth-order valence-corrected chi connectivity index (χ4v) is 3.47. The molecule has 0 spiro atoms. The van der Waals surface area contributed by atoms with E-state index < -0.39 is 0 Å². The number of benzene rings is 2. The smallest absolute Gasteiger partial charge is 0.237 e. The van der Waals surface area contributed by atoms with Crippen molar-refractivity contribution in [2.45, 2.75) is 17.3 Å². The fraction of sp³-hybridized carbons (Fsp3) is 0.105. The van der Waals surface area contributed by atoms with Crippen molar-refractivity contribution in [3.05, 3.63) is 60.8 Å². The molecule has 4 aromatic rings. The molecule has 2 N–H and O–H groups in total. The van der Waals surface area contributed by atoms with E-state index in [-0.39, 0.29) is 11.2 Å². The summed E-state index contributed by atoms with van der Waals surface area (Å²) in [5, 5.41) is 4.38. The van der Waals surface area contributed by atoms with Gasteiger partial charge in [0.2, 0.25) is 5.91 Å². The van der Waals surface area contributed by atoms with Crippen molar-refractivity contribution in [3.8, 4) is 0 Å². The number of para-hydroxylation sites is 2. The van der Waals surface area contributed by atoms with Crippen LogP contribution >= 0.6 is 11.8 Å². The molecule has 0 fully saturated rings. The Morgan fingerprint density at radius 1 is 1.08 bits per heavy atom. The number of aromatic amines is 1. The van der Waals surface area contributed by atoms with Crippen LogP contribution in [0.3, 0.4) is 0 Å². The first-order valence-electron chi connectivity index (χ1n) is 7.97. The van der Waals surface area contributed by atoms with Gasteiger partial charge in [-0.2, -0.15) is 0 Å². The van der Waals surface area contributed by atoms with Gasteiger partial charge in [-0.3, -0.25) is 9.78 Å². The van der Waals surface area contributed by atoms with Crippen molar-refractivity contribution >= 4 is 45.3 Å². The lowest BCUT2D eigenvalue weighted by Gasteiger charge is -2.12. The third-order valence-corrected chi connectivity index (χ3v) is 4.91. The molecular weight excluding hydrogens is 332 g/mol. The number of imidazole rings is 1. The molecule has 124 valence electrons. The van der Waals surface area contributed by atoms with Crippen molar-refractivity contribution in [1.82, 2.24) is 15.0 Å². The van der Waals surface area contributed by atoms with Crippen LogP contribution in [0.2, 0.25) is 0 Å². The highest BCUT2D eigenvalue weighted by atomic mass is 32.2. The summed E-state index contributed by atoms with van der Waals surface area (Å²) in [6.07, 6.45) is 1.74. The number of anilines is 1. The van der Waals surface area contributed by atoms with E-state index in [2.05, 4.69) is 20.3 Å². The van der Waals surface area contributed by atoms with Gasteiger partial charge in [0, 0.05) is 11.6 Å². The molecule has 5 nitrogen and oxygen atoms in total. The van der Waals surface area contributed by atoms with Crippen molar-refractivity contribution < 1.29 is 4.79 Å².